The fraction of sp³-hybridized carbons (Fsp3) is 0.125. The Kier molecular flexibility index (Phi) is 4.93. The molecule has 0 atom stereocenters. The predicted molar refractivity (Wildman–Crippen MR) is 81.7 cm³/mol. The van der Waals surface area contributed by atoms with Gasteiger partial charge >= 0.3 is 0 Å². The van der Waals surface area contributed by atoms with Gasteiger partial charge in [0, 0.05) is 23.9 Å². The van der Waals surface area contributed by atoms with E-state index < -0.39 is 0 Å². The smallest absolute Gasteiger partial charge is 0.248 e. The number of amides is 2. The minimum absolute atomic E-state index is 0.0730. The standard InChI is InChI=1S/C16H16N2O3/c1-2-15(19)17-12-5-3-6-13(11-12)18-16(20)9-8-14-7-4-10-21-14/h3-11H,2H2,1H3,(H,17,19)(H,18,20)/b9-8-. The lowest BCUT2D eigenvalue weighted by Gasteiger charge is -2.06. The summed E-state index contributed by atoms with van der Waals surface area (Å²) in [4.78, 5) is 23.1. The molecule has 0 spiro atoms. The molecule has 0 saturated heterocycles. The van der Waals surface area contributed by atoms with Gasteiger partial charge in [0.25, 0.3) is 0 Å². The Labute approximate surface area is 122 Å². The third-order valence-corrected chi connectivity index (χ3v) is 2.68. The maximum atomic E-state index is 11.8. The average molecular weight is 284 g/mol. The molecule has 2 rings (SSSR count). The maximum absolute atomic E-state index is 11.8. The highest BCUT2D eigenvalue weighted by molar-refractivity contribution is 6.02. The lowest BCUT2D eigenvalue weighted by Crippen LogP contribution is -2.11. The third kappa shape index (κ3) is 4.65. The number of hydrogen-bond donors (Lipinski definition) is 2. The molecule has 0 aliphatic heterocycles. The number of anilines is 2. The third-order valence-electron chi connectivity index (χ3n) is 2.68. The van der Waals surface area contributed by atoms with Crippen molar-refractivity contribution in [2.45, 2.75) is 13.3 Å². The fourth-order valence-electron chi connectivity index (χ4n) is 1.65. The van der Waals surface area contributed by atoms with Crippen LogP contribution in [0.2, 0.25) is 0 Å². The average Bonchev–Trinajstić information content (AvgIpc) is 2.98. The Morgan fingerprint density at radius 1 is 1.14 bits per heavy atom. The second kappa shape index (κ2) is 7.09. The van der Waals surface area contributed by atoms with Crippen LogP contribution in [0.1, 0.15) is 19.1 Å². The molecule has 0 unspecified atom stereocenters. The van der Waals surface area contributed by atoms with Crippen molar-refractivity contribution in [3.05, 3.63) is 54.5 Å². The summed E-state index contributed by atoms with van der Waals surface area (Å²) in [6.45, 7) is 1.78. The largest absolute Gasteiger partial charge is 0.465 e. The van der Waals surface area contributed by atoms with E-state index in [-0.39, 0.29) is 11.8 Å². The topological polar surface area (TPSA) is 71.3 Å². The highest BCUT2D eigenvalue weighted by Gasteiger charge is 2.02. The summed E-state index contributed by atoms with van der Waals surface area (Å²) in [6.07, 6.45) is 4.91. The number of nitrogens with one attached hydrogen (secondary N) is 2. The van der Waals surface area contributed by atoms with E-state index in [4.69, 9.17) is 4.42 Å². The first-order valence-corrected chi connectivity index (χ1v) is 6.60. The Morgan fingerprint density at radius 2 is 1.90 bits per heavy atom. The molecule has 1 aromatic carbocycles. The molecule has 0 fully saturated rings. The summed E-state index contributed by atoms with van der Waals surface area (Å²) < 4.78 is 5.10. The number of carbonyl (C=O) groups excluding carboxylic acids is 2. The van der Waals surface area contributed by atoms with E-state index in [2.05, 4.69) is 10.6 Å². The van der Waals surface area contributed by atoms with Crippen LogP contribution in [0.4, 0.5) is 11.4 Å². The van der Waals surface area contributed by atoms with Gasteiger partial charge in [0.05, 0.1) is 6.26 Å². The van der Waals surface area contributed by atoms with Crippen molar-refractivity contribution in [1.29, 1.82) is 0 Å². The molecule has 0 bridgehead atoms. The van der Waals surface area contributed by atoms with E-state index >= 15 is 0 Å². The summed E-state index contributed by atoms with van der Waals surface area (Å²) in [5, 5.41) is 5.45. The predicted octanol–water partition coefficient (Wildman–Crippen LogP) is 3.28. The Bertz CT molecular complexity index is 645. The Morgan fingerprint density at radius 3 is 2.57 bits per heavy atom. The van der Waals surface area contributed by atoms with Gasteiger partial charge in [-0.2, -0.15) is 0 Å². The van der Waals surface area contributed by atoms with Crippen LogP contribution in [0.15, 0.2) is 53.2 Å². The number of hydrogen-bond acceptors (Lipinski definition) is 3. The van der Waals surface area contributed by atoms with Crippen molar-refractivity contribution < 1.29 is 14.0 Å². The van der Waals surface area contributed by atoms with Crippen LogP contribution in [-0.4, -0.2) is 11.8 Å². The van der Waals surface area contributed by atoms with Crippen LogP contribution in [0.5, 0.6) is 0 Å². The molecule has 0 aliphatic carbocycles. The van der Waals surface area contributed by atoms with E-state index in [0.29, 0.717) is 23.6 Å². The van der Waals surface area contributed by atoms with Gasteiger partial charge in [-0.3, -0.25) is 9.59 Å². The van der Waals surface area contributed by atoms with Crippen molar-refractivity contribution in [1.82, 2.24) is 0 Å². The molecule has 21 heavy (non-hydrogen) atoms. The second-order valence-electron chi connectivity index (χ2n) is 4.32. The molecule has 2 amide bonds. The molecule has 5 nitrogen and oxygen atoms in total. The molecule has 2 aromatic rings. The first kappa shape index (κ1) is 14.6. The number of rotatable bonds is 5. The summed E-state index contributed by atoms with van der Waals surface area (Å²) in [5.74, 6) is 0.260. The molecule has 108 valence electrons. The molecular weight excluding hydrogens is 268 g/mol. The van der Waals surface area contributed by atoms with E-state index in [1.54, 1.807) is 49.4 Å². The van der Waals surface area contributed by atoms with Gasteiger partial charge in [0.1, 0.15) is 5.76 Å². The maximum Gasteiger partial charge on any atom is 0.248 e. The number of furan rings is 1. The zero-order valence-corrected chi connectivity index (χ0v) is 11.6. The van der Waals surface area contributed by atoms with Crippen LogP contribution in [0, 0.1) is 0 Å². The summed E-state index contributed by atoms with van der Waals surface area (Å²) in [7, 11) is 0. The molecule has 0 aliphatic rings. The number of benzene rings is 1. The zero-order chi connectivity index (χ0) is 15.1. The summed E-state index contributed by atoms with van der Waals surface area (Å²) in [6, 6.07) is 10.5. The molecule has 0 radical (unpaired) electrons. The summed E-state index contributed by atoms with van der Waals surface area (Å²) >= 11 is 0. The van der Waals surface area contributed by atoms with Crippen LogP contribution in [-0.2, 0) is 9.59 Å². The van der Waals surface area contributed by atoms with E-state index in [1.165, 1.54) is 12.3 Å². The van der Waals surface area contributed by atoms with Crippen LogP contribution in [0.3, 0.4) is 0 Å². The molecule has 0 saturated carbocycles. The number of carbonyl (C=O) groups is 2. The Hall–Kier alpha value is -2.82. The minimum atomic E-state index is -0.273. The van der Waals surface area contributed by atoms with Crippen LogP contribution in [0.25, 0.3) is 6.08 Å². The van der Waals surface area contributed by atoms with Crippen molar-refractivity contribution in [2.24, 2.45) is 0 Å². The monoisotopic (exact) mass is 284 g/mol. The molecule has 2 N–H and O–H groups in total. The quantitative estimate of drug-likeness (QED) is 0.828. The highest BCUT2D eigenvalue weighted by Crippen LogP contribution is 2.15. The SMILES string of the molecule is CCC(=O)Nc1cccc(NC(=O)/C=C\c2ccco2)c1. The van der Waals surface area contributed by atoms with Crippen LogP contribution >= 0.6 is 0 Å². The first-order chi connectivity index (χ1) is 10.2. The summed E-state index contributed by atoms with van der Waals surface area (Å²) in [5.41, 5.74) is 1.26. The van der Waals surface area contributed by atoms with Crippen LogP contribution < -0.4 is 10.6 Å². The van der Waals surface area contributed by atoms with Gasteiger partial charge < -0.3 is 15.1 Å². The normalized spacial score (nSPS) is 10.5. The molecule has 1 heterocycles. The molecule has 5 heteroatoms. The van der Waals surface area contributed by atoms with Gasteiger partial charge in [-0.05, 0) is 36.4 Å². The van der Waals surface area contributed by atoms with Crippen molar-refractivity contribution in [3.8, 4) is 0 Å². The lowest BCUT2D eigenvalue weighted by atomic mass is 10.2. The Balaban J connectivity index is 1.97. The second-order valence-corrected chi connectivity index (χ2v) is 4.32. The van der Waals surface area contributed by atoms with Crippen molar-refractivity contribution >= 4 is 29.3 Å². The van der Waals surface area contributed by atoms with E-state index in [0.717, 1.165) is 0 Å². The molecule has 1 aromatic heterocycles. The van der Waals surface area contributed by atoms with Gasteiger partial charge in [-0.25, -0.2) is 0 Å². The first-order valence-electron chi connectivity index (χ1n) is 6.60. The lowest BCUT2D eigenvalue weighted by molar-refractivity contribution is -0.116. The van der Waals surface area contributed by atoms with Gasteiger partial charge in [-0.1, -0.05) is 13.0 Å². The van der Waals surface area contributed by atoms with Crippen molar-refractivity contribution in [3.63, 3.8) is 0 Å². The van der Waals surface area contributed by atoms with Gasteiger partial charge in [0.15, 0.2) is 0 Å². The van der Waals surface area contributed by atoms with E-state index in [1.807, 2.05) is 0 Å². The minimum Gasteiger partial charge on any atom is -0.465 e. The fourth-order valence-corrected chi connectivity index (χ4v) is 1.65. The zero-order valence-electron chi connectivity index (χ0n) is 11.6. The van der Waals surface area contributed by atoms with Gasteiger partial charge in [0.2, 0.25) is 11.8 Å². The van der Waals surface area contributed by atoms with E-state index in [9.17, 15) is 9.59 Å². The molecular formula is C16H16N2O3. The van der Waals surface area contributed by atoms with Crippen molar-refractivity contribution in [2.75, 3.05) is 10.6 Å². The van der Waals surface area contributed by atoms with Gasteiger partial charge in [-0.15, -0.1) is 0 Å². The highest BCUT2D eigenvalue weighted by atomic mass is 16.3.